The van der Waals surface area contributed by atoms with E-state index < -0.39 is 0 Å². The maximum Gasteiger partial charge on any atom is 0.142 e. The minimum absolute atomic E-state index is 0.180. The van der Waals surface area contributed by atoms with Gasteiger partial charge < -0.3 is 10.5 Å². The molecule has 0 spiro atoms. The monoisotopic (exact) mass is 233 g/mol. The predicted molar refractivity (Wildman–Crippen MR) is 72.4 cm³/mol. The zero-order valence-corrected chi connectivity index (χ0v) is 10.9. The van der Waals surface area contributed by atoms with E-state index in [4.69, 9.17) is 10.5 Å². The van der Waals surface area contributed by atoms with Gasteiger partial charge in [-0.05, 0) is 50.3 Å². The number of rotatable bonds is 3. The molecule has 0 radical (unpaired) electrons. The molecule has 0 heterocycles. The largest absolute Gasteiger partial charge is 0.489 e. The van der Waals surface area contributed by atoms with E-state index in [-0.39, 0.29) is 6.10 Å². The highest BCUT2D eigenvalue weighted by Crippen LogP contribution is 2.35. The minimum atomic E-state index is 0.180. The second-order valence-corrected chi connectivity index (χ2v) is 5.30. The van der Waals surface area contributed by atoms with Gasteiger partial charge in [0.05, 0.1) is 11.8 Å². The molecule has 0 aliphatic heterocycles. The van der Waals surface area contributed by atoms with Crippen molar-refractivity contribution in [2.24, 2.45) is 0 Å². The van der Waals surface area contributed by atoms with E-state index in [2.05, 4.69) is 12.1 Å². The van der Waals surface area contributed by atoms with Crippen LogP contribution in [0.5, 0.6) is 5.75 Å². The van der Waals surface area contributed by atoms with Crippen LogP contribution in [0.25, 0.3) is 0 Å². The first-order valence-corrected chi connectivity index (χ1v) is 6.73. The highest BCUT2D eigenvalue weighted by Gasteiger charge is 2.16. The third-order valence-electron chi connectivity index (χ3n) is 3.48. The second-order valence-electron chi connectivity index (χ2n) is 5.30. The van der Waals surface area contributed by atoms with Gasteiger partial charge in [-0.1, -0.05) is 25.3 Å². The Labute approximate surface area is 104 Å². The molecular formula is C15H23NO. The van der Waals surface area contributed by atoms with Gasteiger partial charge in [-0.15, -0.1) is 0 Å². The molecule has 0 saturated heterocycles. The van der Waals surface area contributed by atoms with Crippen LogP contribution in [0.4, 0.5) is 5.69 Å². The Balaban J connectivity index is 2.17. The first kappa shape index (κ1) is 12.3. The van der Waals surface area contributed by atoms with Crippen LogP contribution in [-0.4, -0.2) is 6.10 Å². The maximum atomic E-state index is 5.94. The lowest BCUT2D eigenvalue weighted by atomic mass is 9.84. The maximum absolute atomic E-state index is 5.94. The average Bonchev–Trinajstić information content (AvgIpc) is 2.32. The van der Waals surface area contributed by atoms with E-state index in [9.17, 15) is 0 Å². The Morgan fingerprint density at radius 1 is 1.18 bits per heavy atom. The Hall–Kier alpha value is -1.18. The van der Waals surface area contributed by atoms with Gasteiger partial charge in [-0.3, -0.25) is 0 Å². The van der Waals surface area contributed by atoms with Gasteiger partial charge in [0.15, 0.2) is 0 Å². The number of nitrogens with two attached hydrogens (primary N) is 1. The zero-order chi connectivity index (χ0) is 12.3. The molecule has 0 unspecified atom stereocenters. The standard InChI is InChI=1S/C15H23NO/c1-11(2)17-15-10-13(8-9-14(15)16)12-6-4-3-5-7-12/h8-12H,3-7,16H2,1-2H3. The van der Waals surface area contributed by atoms with Crippen molar-refractivity contribution in [3.8, 4) is 5.75 Å². The number of benzene rings is 1. The molecular weight excluding hydrogens is 210 g/mol. The molecule has 1 fully saturated rings. The Morgan fingerprint density at radius 3 is 2.53 bits per heavy atom. The number of anilines is 1. The molecule has 94 valence electrons. The summed E-state index contributed by atoms with van der Waals surface area (Å²) in [6.07, 6.45) is 6.90. The first-order chi connectivity index (χ1) is 8.16. The van der Waals surface area contributed by atoms with Crippen molar-refractivity contribution in [2.45, 2.75) is 58.0 Å². The van der Waals surface area contributed by atoms with E-state index in [0.717, 1.165) is 11.4 Å². The quantitative estimate of drug-likeness (QED) is 0.798. The predicted octanol–water partition coefficient (Wildman–Crippen LogP) is 4.10. The smallest absolute Gasteiger partial charge is 0.142 e. The molecule has 0 atom stereocenters. The van der Waals surface area contributed by atoms with Crippen LogP contribution in [-0.2, 0) is 0 Å². The molecule has 1 aliphatic carbocycles. The highest BCUT2D eigenvalue weighted by atomic mass is 16.5. The van der Waals surface area contributed by atoms with Gasteiger partial charge in [-0.2, -0.15) is 0 Å². The van der Waals surface area contributed by atoms with Crippen LogP contribution in [0.3, 0.4) is 0 Å². The van der Waals surface area contributed by atoms with E-state index >= 15 is 0 Å². The van der Waals surface area contributed by atoms with Crippen molar-refractivity contribution < 1.29 is 4.74 Å². The lowest BCUT2D eigenvalue weighted by molar-refractivity contribution is 0.243. The molecule has 2 heteroatoms. The summed E-state index contributed by atoms with van der Waals surface area (Å²) >= 11 is 0. The average molecular weight is 233 g/mol. The minimum Gasteiger partial charge on any atom is -0.489 e. The van der Waals surface area contributed by atoms with Crippen molar-refractivity contribution in [3.05, 3.63) is 23.8 Å². The van der Waals surface area contributed by atoms with Gasteiger partial charge in [-0.25, -0.2) is 0 Å². The Kier molecular flexibility index (Phi) is 3.93. The lowest BCUT2D eigenvalue weighted by Crippen LogP contribution is -2.09. The number of nitrogen functional groups attached to an aromatic ring is 1. The van der Waals surface area contributed by atoms with Gasteiger partial charge in [0.1, 0.15) is 5.75 Å². The molecule has 0 aromatic heterocycles. The first-order valence-electron chi connectivity index (χ1n) is 6.73. The van der Waals surface area contributed by atoms with Gasteiger partial charge >= 0.3 is 0 Å². The van der Waals surface area contributed by atoms with Crippen LogP contribution in [0.1, 0.15) is 57.4 Å². The van der Waals surface area contributed by atoms with Crippen molar-refractivity contribution in [3.63, 3.8) is 0 Å². The van der Waals surface area contributed by atoms with Crippen LogP contribution >= 0.6 is 0 Å². The summed E-state index contributed by atoms with van der Waals surface area (Å²) < 4.78 is 5.75. The van der Waals surface area contributed by atoms with Crippen LogP contribution in [0, 0.1) is 0 Å². The third-order valence-corrected chi connectivity index (χ3v) is 3.48. The summed E-state index contributed by atoms with van der Waals surface area (Å²) in [5.41, 5.74) is 8.09. The van der Waals surface area contributed by atoms with Crippen LogP contribution < -0.4 is 10.5 Å². The fourth-order valence-electron chi connectivity index (χ4n) is 2.60. The van der Waals surface area contributed by atoms with E-state index in [1.54, 1.807) is 0 Å². The van der Waals surface area contributed by atoms with Crippen molar-refractivity contribution in [2.75, 3.05) is 5.73 Å². The summed E-state index contributed by atoms with van der Waals surface area (Å²) in [4.78, 5) is 0. The fourth-order valence-corrected chi connectivity index (χ4v) is 2.60. The van der Waals surface area contributed by atoms with E-state index in [0.29, 0.717) is 5.92 Å². The molecule has 17 heavy (non-hydrogen) atoms. The topological polar surface area (TPSA) is 35.2 Å². The summed E-state index contributed by atoms with van der Waals surface area (Å²) in [6, 6.07) is 6.30. The molecule has 0 amide bonds. The van der Waals surface area contributed by atoms with Gasteiger partial charge in [0, 0.05) is 0 Å². The number of hydrogen-bond acceptors (Lipinski definition) is 2. The van der Waals surface area contributed by atoms with Crippen molar-refractivity contribution >= 4 is 5.69 Å². The lowest BCUT2D eigenvalue weighted by Gasteiger charge is -2.23. The Bertz CT molecular complexity index is 367. The van der Waals surface area contributed by atoms with E-state index in [1.165, 1.54) is 37.7 Å². The van der Waals surface area contributed by atoms with Gasteiger partial charge in [0.2, 0.25) is 0 Å². The SMILES string of the molecule is CC(C)Oc1cc(C2CCCCC2)ccc1N. The van der Waals surface area contributed by atoms with Crippen molar-refractivity contribution in [1.29, 1.82) is 0 Å². The van der Waals surface area contributed by atoms with Gasteiger partial charge in [0.25, 0.3) is 0 Å². The molecule has 1 saturated carbocycles. The normalized spacial score (nSPS) is 17.4. The summed E-state index contributed by atoms with van der Waals surface area (Å²) in [5.74, 6) is 1.56. The third kappa shape index (κ3) is 3.15. The molecule has 2 nitrogen and oxygen atoms in total. The van der Waals surface area contributed by atoms with E-state index in [1.807, 2.05) is 19.9 Å². The van der Waals surface area contributed by atoms with Crippen LogP contribution in [0.15, 0.2) is 18.2 Å². The molecule has 1 aromatic carbocycles. The van der Waals surface area contributed by atoms with Crippen molar-refractivity contribution in [1.82, 2.24) is 0 Å². The molecule has 1 aromatic rings. The Morgan fingerprint density at radius 2 is 1.88 bits per heavy atom. The molecule has 2 rings (SSSR count). The molecule has 1 aliphatic rings. The summed E-state index contributed by atoms with van der Waals surface area (Å²) in [7, 11) is 0. The number of hydrogen-bond donors (Lipinski definition) is 1. The second kappa shape index (κ2) is 5.44. The molecule has 0 bridgehead atoms. The fraction of sp³-hybridized carbons (Fsp3) is 0.600. The number of ether oxygens (including phenoxy) is 1. The zero-order valence-electron chi connectivity index (χ0n) is 10.9. The summed E-state index contributed by atoms with van der Waals surface area (Å²) in [6.45, 7) is 4.07. The highest BCUT2D eigenvalue weighted by molar-refractivity contribution is 5.54. The summed E-state index contributed by atoms with van der Waals surface area (Å²) in [5, 5.41) is 0. The molecule has 2 N–H and O–H groups in total. The van der Waals surface area contributed by atoms with Crippen LogP contribution in [0.2, 0.25) is 0 Å².